The molecular formula is C30H30F4N4O5. The molecule has 0 radical (unpaired) electrons. The van der Waals surface area contributed by atoms with E-state index in [1.54, 1.807) is 13.0 Å². The predicted molar refractivity (Wildman–Crippen MR) is 147 cm³/mol. The minimum absolute atomic E-state index is 0.0551. The van der Waals surface area contributed by atoms with Crippen molar-refractivity contribution in [1.29, 1.82) is 0 Å². The van der Waals surface area contributed by atoms with Crippen LogP contribution in [0.25, 0.3) is 0 Å². The molecule has 1 unspecified atom stereocenters. The Morgan fingerprint density at radius 3 is 2.37 bits per heavy atom. The van der Waals surface area contributed by atoms with E-state index < -0.39 is 23.9 Å². The molecule has 2 N–H and O–H groups in total. The number of nitrogens with zero attached hydrogens (tertiary/aromatic N) is 3. The molecule has 0 saturated carbocycles. The summed E-state index contributed by atoms with van der Waals surface area (Å²) in [5.74, 6) is -3.96. The van der Waals surface area contributed by atoms with Gasteiger partial charge in [-0.1, -0.05) is 30.3 Å². The lowest BCUT2D eigenvalue weighted by Crippen LogP contribution is -2.56. The van der Waals surface area contributed by atoms with Crippen LogP contribution in [0.3, 0.4) is 0 Å². The number of halogens is 4. The van der Waals surface area contributed by atoms with E-state index >= 15 is 0 Å². The molecule has 9 nitrogen and oxygen atoms in total. The van der Waals surface area contributed by atoms with Crippen molar-refractivity contribution in [3.8, 4) is 0 Å². The van der Waals surface area contributed by atoms with Crippen LogP contribution in [0, 0.1) is 19.7 Å². The first kappa shape index (κ1) is 31.4. The largest absolute Gasteiger partial charge is 0.490 e. The van der Waals surface area contributed by atoms with E-state index in [9.17, 15) is 31.9 Å². The van der Waals surface area contributed by atoms with Crippen LogP contribution >= 0.6 is 0 Å². The first-order valence-corrected chi connectivity index (χ1v) is 13.5. The summed E-state index contributed by atoms with van der Waals surface area (Å²) in [6.45, 7) is 4.30. The Hall–Kier alpha value is -4.55. The zero-order valence-corrected chi connectivity index (χ0v) is 23.5. The van der Waals surface area contributed by atoms with Crippen molar-refractivity contribution in [3.05, 3.63) is 97.7 Å². The topological polar surface area (TPSA) is 124 Å². The smallest absolute Gasteiger partial charge is 0.475 e. The number of fused-ring (bicyclic) bond motifs is 1. The molecule has 2 aromatic carbocycles. The third kappa shape index (κ3) is 7.27. The molecule has 1 saturated heterocycles. The minimum atomic E-state index is -5.08. The van der Waals surface area contributed by atoms with Crippen LogP contribution in [0.5, 0.6) is 0 Å². The maximum Gasteiger partial charge on any atom is 0.490 e. The van der Waals surface area contributed by atoms with Gasteiger partial charge in [-0.25, -0.2) is 14.3 Å². The molecule has 3 aromatic rings. The highest BCUT2D eigenvalue weighted by Crippen LogP contribution is 2.26. The number of amides is 2. The Balaban J connectivity index is 0.000000541. The Kier molecular flexibility index (Phi) is 9.31. The SMILES string of the molecule is Cc1c(Cc2ccc(F)c(C(=O)N3CCN(C4CCc5ccccc5C4)C(=O)C3)c2)n[nH]c(=O)c1C.O=C(O)C(F)(F)F. The van der Waals surface area contributed by atoms with Gasteiger partial charge in [0, 0.05) is 31.1 Å². The van der Waals surface area contributed by atoms with Gasteiger partial charge in [-0.3, -0.25) is 14.4 Å². The van der Waals surface area contributed by atoms with Gasteiger partial charge in [0.25, 0.3) is 11.5 Å². The van der Waals surface area contributed by atoms with Crippen LogP contribution in [-0.2, 0) is 28.9 Å². The van der Waals surface area contributed by atoms with Gasteiger partial charge >= 0.3 is 12.1 Å². The summed E-state index contributed by atoms with van der Waals surface area (Å²) in [5.41, 5.74) is 5.03. The van der Waals surface area contributed by atoms with Crippen molar-refractivity contribution in [2.45, 2.75) is 51.7 Å². The quantitative estimate of drug-likeness (QED) is 0.440. The number of carbonyl (C=O) groups excluding carboxylic acids is 2. The lowest BCUT2D eigenvalue weighted by molar-refractivity contribution is -0.192. The molecule has 1 aromatic heterocycles. The highest BCUT2D eigenvalue weighted by Gasteiger charge is 2.38. The molecule has 2 amide bonds. The molecule has 2 heterocycles. The Bertz CT molecular complexity index is 1600. The third-order valence-electron chi connectivity index (χ3n) is 7.81. The van der Waals surface area contributed by atoms with Gasteiger partial charge in [-0.05, 0) is 67.5 Å². The monoisotopic (exact) mass is 602 g/mol. The van der Waals surface area contributed by atoms with E-state index in [4.69, 9.17) is 9.90 Å². The summed E-state index contributed by atoms with van der Waals surface area (Å²) in [4.78, 5) is 50.3. The summed E-state index contributed by atoms with van der Waals surface area (Å²) < 4.78 is 46.4. The predicted octanol–water partition coefficient (Wildman–Crippen LogP) is 3.59. The number of carbonyl (C=O) groups is 3. The number of aliphatic carboxylic acids is 1. The highest BCUT2D eigenvalue weighted by atomic mass is 19.4. The van der Waals surface area contributed by atoms with Crippen molar-refractivity contribution in [2.24, 2.45) is 0 Å². The molecule has 2 aliphatic rings. The number of rotatable bonds is 4. The highest BCUT2D eigenvalue weighted by molar-refractivity contribution is 5.97. The van der Waals surface area contributed by atoms with Gasteiger partial charge in [0.05, 0.1) is 11.3 Å². The number of hydrogen-bond donors (Lipinski definition) is 2. The zero-order valence-electron chi connectivity index (χ0n) is 23.5. The molecule has 228 valence electrons. The van der Waals surface area contributed by atoms with E-state index in [2.05, 4.69) is 22.3 Å². The minimum Gasteiger partial charge on any atom is -0.475 e. The van der Waals surface area contributed by atoms with Crippen molar-refractivity contribution in [2.75, 3.05) is 19.6 Å². The maximum absolute atomic E-state index is 14.7. The van der Waals surface area contributed by atoms with Gasteiger partial charge in [-0.15, -0.1) is 0 Å². The van der Waals surface area contributed by atoms with Crippen LogP contribution in [0.2, 0.25) is 0 Å². The second kappa shape index (κ2) is 12.8. The number of benzene rings is 2. The zero-order chi connectivity index (χ0) is 31.5. The fraction of sp³-hybridized carbons (Fsp3) is 0.367. The second-order valence-corrected chi connectivity index (χ2v) is 10.5. The van der Waals surface area contributed by atoms with Gasteiger partial charge in [0.15, 0.2) is 0 Å². The number of piperazine rings is 1. The normalized spacial score (nSPS) is 16.7. The van der Waals surface area contributed by atoms with Crippen molar-refractivity contribution in [1.82, 2.24) is 20.0 Å². The number of aryl methyl sites for hydroxylation is 1. The van der Waals surface area contributed by atoms with Crippen LogP contribution < -0.4 is 5.56 Å². The Morgan fingerprint density at radius 2 is 1.72 bits per heavy atom. The summed E-state index contributed by atoms with van der Waals surface area (Å²) >= 11 is 0. The molecule has 13 heteroatoms. The molecule has 1 aliphatic heterocycles. The van der Waals surface area contributed by atoms with Gasteiger partial charge in [0.2, 0.25) is 5.91 Å². The van der Waals surface area contributed by atoms with Crippen molar-refractivity contribution in [3.63, 3.8) is 0 Å². The Morgan fingerprint density at radius 1 is 1.05 bits per heavy atom. The number of aromatic amines is 1. The van der Waals surface area contributed by atoms with E-state index in [-0.39, 0.29) is 29.6 Å². The lowest BCUT2D eigenvalue weighted by Gasteiger charge is -2.41. The van der Waals surface area contributed by atoms with E-state index in [0.717, 1.165) is 24.8 Å². The second-order valence-electron chi connectivity index (χ2n) is 10.5. The van der Waals surface area contributed by atoms with E-state index in [0.29, 0.717) is 36.3 Å². The first-order valence-electron chi connectivity index (χ1n) is 13.5. The fourth-order valence-electron chi connectivity index (χ4n) is 5.25. The Labute approximate surface area is 244 Å². The summed E-state index contributed by atoms with van der Waals surface area (Å²) in [5, 5.41) is 13.7. The number of H-pyrrole nitrogens is 1. The van der Waals surface area contributed by atoms with Crippen molar-refractivity contribution >= 4 is 17.8 Å². The number of alkyl halides is 3. The molecule has 1 fully saturated rings. The number of aromatic nitrogens is 2. The number of nitrogens with one attached hydrogen (secondary N) is 1. The molecule has 43 heavy (non-hydrogen) atoms. The average molecular weight is 603 g/mol. The fourth-order valence-corrected chi connectivity index (χ4v) is 5.25. The molecule has 1 aliphatic carbocycles. The summed E-state index contributed by atoms with van der Waals surface area (Å²) in [7, 11) is 0. The van der Waals surface area contributed by atoms with E-state index in [1.165, 1.54) is 28.2 Å². The lowest BCUT2D eigenvalue weighted by atomic mass is 9.87. The van der Waals surface area contributed by atoms with Crippen LogP contribution in [0.15, 0.2) is 47.3 Å². The number of carboxylic acids is 1. The van der Waals surface area contributed by atoms with Crippen molar-refractivity contribution < 1.29 is 37.1 Å². The van der Waals surface area contributed by atoms with Gasteiger partial charge < -0.3 is 14.9 Å². The average Bonchev–Trinajstić information content (AvgIpc) is 2.97. The van der Waals surface area contributed by atoms with Gasteiger partial charge in [-0.2, -0.15) is 18.3 Å². The van der Waals surface area contributed by atoms with E-state index in [1.807, 2.05) is 24.0 Å². The van der Waals surface area contributed by atoms with Crippen LogP contribution in [0.1, 0.15) is 50.3 Å². The molecule has 0 spiro atoms. The third-order valence-corrected chi connectivity index (χ3v) is 7.81. The molecule has 0 bridgehead atoms. The maximum atomic E-state index is 14.7. The summed E-state index contributed by atoms with van der Waals surface area (Å²) in [6, 6.07) is 12.9. The van der Waals surface area contributed by atoms with Crippen LogP contribution in [-0.4, -0.2) is 74.7 Å². The molecular weight excluding hydrogens is 572 g/mol. The molecule has 5 rings (SSSR count). The standard InChI is InChI=1S/C28H29FN4O3.C2HF3O2/c1-17-18(2)27(35)31-30-25(17)14-19-7-10-24(29)23(13-19)28(36)32-11-12-33(26(34)16-32)22-9-8-20-5-3-4-6-21(20)15-22;3-2(4,5)1(6)7/h3-7,10,13,22H,8-9,11-12,14-16H2,1-2H3,(H,31,35);(H,6,7). The first-order chi connectivity index (χ1) is 20.3. The van der Waals surface area contributed by atoms with Gasteiger partial charge in [0.1, 0.15) is 12.4 Å². The number of hydrogen-bond acceptors (Lipinski definition) is 5. The summed E-state index contributed by atoms with van der Waals surface area (Å²) in [6.07, 6.45) is -2.07. The van der Waals surface area contributed by atoms with Crippen LogP contribution in [0.4, 0.5) is 17.6 Å². The molecule has 1 atom stereocenters. The number of carboxylic acid groups (broad SMARTS) is 1.